The molecule has 1 fully saturated rings. The van der Waals surface area contributed by atoms with Crippen LogP contribution >= 0.6 is 11.3 Å². The van der Waals surface area contributed by atoms with Crippen LogP contribution in [-0.4, -0.2) is 13.6 Å². The zero-order valence-electron chi connectivity index (χ0n) is 11.8. The fourth-order valence-electron chi connectivity index (χ4n) is 3.59. The van der Waals surface area contributed by atoms with Crippen molar-refractivity contribution in [3.05, 3.63) is 22.4 Å². The molecule has 2 rings (SSSR count). The molecule has 0 aromatic carbocycles. The van der Waals surface area contributed by atoms with Crippen LogP contribution in [-0.2, 0) is 6.42 Å². The summed E-state index contributed by atoms with van der Waals surface area (Å²) >= 11 is 1.84. The van der Waals surface area contributed by atoms with Crippen molar-refractivity contribution in [1.82, 2.24) is 5.32 Å². The standard InChI is InChI=1S/C16H27NS/c1-3-4-13-5-6-15(11-17-2)16(9-13)10-14-7-8-18-12-14/h7-8,12-13,15-17H,3-6,9-11H2,1-2H3. The van der Waals surface area contributed by atoms with E-state index in [0.29, 0.717) is 0 Å². The molecule has 3 atom stereocenters. The van der Waals surface area contributed by atoms with Gasteiger partial charge < -0.3 is 5.32 Å². The third kappa shape index (κ3) is 3.83. The highest BCUT2D eigenvalue weighted by molar-refractivity contribution is 7.07. The van der Waals surface area contributed by atoms with Gasteiger partial charge >= 0.3 is 0 Å². The van der Waals surface area contributed by atoms with E-state index >= 15 is 0 Å². The lowest BCUT2D eigenvalue weighted by atomic mass is 9.71. The molecule has 1 aromatic heterocycles. The van der Waals surface area contributed by atoms with E-state index in [1.807, 2.05) is 11.3 Å². The van der Waals surface area contributed by atoms with E-state index in [0.717, 1.165) is 17.8 Å². The first-order valence-electron chi connectivity index (χ1n) is 7.49. The number of thiophene rings is 1. The predicted octanol–water partition coefficient (Wildman–Crippen LogP) is 4.34. The van der Waals surface area contributed by atoms with Crippen molar-refractivity contribution < 1.29 is 0 Å². The summed E-state index contributed by atoms with van der Waals surface area (Å²) in [5, 5.41) is 7.95. The van der Waals surface area contributed by atoms with Gasteiger partial charge in [-0.05, 0) is 73.0 Å². The second-order valence-corrected chi connectivity index (χ2v) is 6.66. The molecule has 2 heteroatoms. The smallest absolute Gasteiger partial charge is 0.00208 e. The van der Waals surface area contributed by atoms with Crippen molar-refractivity contribution in [2.24, 2.45) is 17.8 Å². The zero-order chi connectivity index (χ0) is 12.8. The van der Waals surface area contributed by atoms with Gasteiger partial charge in [-0.15, -0.1) is 0 Å². The Balaban J connectivity index is 1.95. The monoisotopic (exact) mass is 265 g/mol. The lowest BCUT2D eigenvalue weighted by Crippen LogP contribution is -2.33. The van der Waals surface area contributed by atoms with Crippen molar-refractivity contribution in [2.45, 2.75) is 45.4 Å². The van der Waals surface area contributed by atoms with Crippen LogP contribution < -0.4 is 5.32 Å². The molecule has 0 amide bonds. The van der Waals surface area contributed by atoms with Crippen molar-refractivity contribution in [2.75, 3.05) is 13.6 Å². The van der Waals surface area contributed by atoms with Gasteiger partial charge in [-0.3, -0.25) is 0 Å². The maximum Gasteiger partial charge on any atom is -0.00208 e. The number of nitrogens with one attached hydrogen (secondary N) is 1. The highest BCUT2D eigenvalue weighted by Crippen LogP contribution is 2.37. The minimum atomic E-state index is 0.892. The maximum absolute atomic E-state index is 3.40. The fourth-order valence-corrected chi connectivity index (χ4v) is 4.27. The van der Waals surface area contributed by atoms with Crippen molar-refractivity contribution in [1.29, 1.82) is 0 Å². The van der Waals surface area contributed by atoms with Crippen LogP contribution in [0.3, 0.4) is 0 Å². The Morgan fingerprint density at radius 3 is 2.89 bits per heavy atom. The molecular formula is C16H27NS. The average molecular weight is 265 g/mol. The molecule has 1 aliphatic rings. The first kappa shape index (κ1) is 14.1. The van der Waals surface area contributed by atoms with E-state index in [1.54, 1.807) is 5.56 Å². The van der Waals surface area contributed by atoms with Gasteiger partial charge in [-0.2, -0.15) is 11.3 Å². The van der Waals surface area contributed by atoms with Gasteiger partial charge in [-0.25, -0.2) is 0 Å². The van der Waals surface area contributed by atoms with Crippen LogP contribution in [0.2, 0.25) is 0 Å². The Hall–Kier alpha value is -0.340. The fraction of sp³-hybridized carbons (Fsp3) is 0.750. The van der Waals surface area contributed by atoms with E-state index in [4.69, 9.17) is 0 Å². The van der Waals surface area contributed by atoms with Crippen molar-refractivity contribution in [3.8, 4) is 0 Å². The molecule has 0 bridgehead atoms. The van der Waals surface area contributed by atoms with Gasteiger partial charge in [0, 0.05) is 0 Å². The molecule has 1 N–H and O–H groups in total. The summed E-state index contributed by atoms with van der Waals surface area (Å²) in [6.07, 6.45) is 8.44. The van der Waals surface area contributed by atoms with E-state index in [2.05, 4.69) is 36.1 Å². The molecule has 1 heterocycles. The third-order valence-corrected chi connectivity index (χ3v) is 5.22. The quantitative estimate of drug-likeness (QED) is 0.806. The second-order valence-electron chi connectivity index (χ2n) is 5.88. The summed E-state index contributed by atoms with van der Waals surface area (Å²) in [5.41, 5.74) is 1.56. The first-order valence-corrected chi connectivity index (χ1v) is 8.43. The van der Waals surface area contributed by atoms with Crippen LogP contribution in [0.25, 0.3) is 0 Å². The molecule has 1 saturated carbocycles. The largest absolute Gasteiger partial charge is 0.319 e. The summed E-state index contributed by atoms with van der Waals surface area (Å²) in [7, 11) is 2.10. The average Bonchev–Trinajstić information content (AvgIpc) is 2.86. The number of hydrogen-bond acceptors (Lipinski definition) is 2. The number of hydrogen-bond donors (Lipinski definition) is 1. The van der Waals surface area contributed by atoms with E-state index in [1.165, 1.54) is 45.1 Å². The number of rotatable bonds is 6. The minimum Gasteiger partial charge on any atom is -0.319 e. The highest BCUT2D eigenvalue weighted by atomic mass is 32.1. The lowest BCUT2D eigenvalue weighted by molar-refractivity contribution is 0.169. The van der Waals surface area contributed by atoms with Gasteiger partial charge in [0.15, 0.2) is 0 Å². The SMILES string of the molecule is CCCC1CCC(CNC)C(Cc2ccsc2)C1. The molecule has 18 heavy (non-hydrogen) atoms. The predicted molar refractivity (Wildman–Crippen MR) is 81.2 cm³/mol. The molecule has 0 saturated heterocycles. The Morgan fingerprint density at radius 2 is 2.22 bits per heavy atom. The molecule has 1 nitrogen and oxygen atoms in total. The first-order chi connectivity index (χ1) is 8.83. The van der Waals surface area contributed by atoms with Crippen LogP contribution in [0.15, 0.2) is 16.8 Å². The molecule has 102 valence electrons. The molecule has 3 unspecified atom stereocenters. The van der Waals surface area contributed by atoms with Crippen LogP contribution in [0.1, 0.15) is 44.6 Å². The molecular weight excluding hydrogens is 238 g/mol. The van der Waals surface area contributed by atoms with E-state index in [9.17, 15) is 0 Å². The van der Waals surface area contributed by atoms with Crippen LogP contribution in [0.5, 0.6) is 0 Å². The Kier molecular flexibility index (Phi) is 5.71. The van der Waals surface area contributed by atoms with Crippen molar-refractivity contribution in [3.63, 3.8) is 0 Å². The summed E-state index contributed by atoms with van der Waals surface area (Å²) < 4.78 is 0. The second kappa shape index (κ2) is 7.30. The summed E-state index contributed by atoms with van der Waals surface area (Å²) in [6, 6.07) is 2.31. The van der Waals surface area contributed by atoms with E-state index < -0.39 is 0 Å². The normalized spacial score (nSPS) is 28.4. The topological polar surface area (TPSA) is 12.0 Å². The molecule has 1 aromatic rings. The zero-order valence-corrected chi connectivity index (χ0v) is 12.6. The van der Waals surface area contributed by atoms with E-state index in [-0.39, 0.29) is 0 Å². The van der Waals surface area contributed by atoms with Crippen LogP contribution in [0, 0.1) is 17.8 Å². The van der Waals surface area contributed by atoms with Gasteiger partial charge in [0.2, 0.25) is 0 Å². The minimum absolute atomic E-state index is 0.892. The third-order valence-electron chi connectivity index (χ3n) is 4.49. The maximum atomic E-state index is 3.40. The molecule has 1 aliphatic carbocycles. The van der Waals surface area contributed by atoms with Gasteiger partial charge in [0.25, 0.3) is 0 Å². The molecule has 0 spiro atoms. The summed E-state index contributed by atoms with van der Waals surface area (Å²) in [5.74, 6) is 2.78. The lowest BCUT2D eigenvalue weighted by Gasteiger charge is -2.36. The molecule has 0 aliphatic heterocycles. The highest BCUT2D eigenvalue weighted by Gasteiger charge is 2.29. The van der Waals surface area contributed by atoms with Gasteiger partial charge in [0.1, 0.15) is 0 Å². The van der Waals surface area contributed by atoms with Crippen molar-refractivity contribution >= 4 is 11.3 Å². The van der Waals surface area contributed by atoms with Crippen LogP contribution in [0.4, 0.5) is 0 Å². The summed E-state index contributed by atoms with van der Waals surface area (Å²) in [6.45, 7) is 3.53. The Morgan fingerprint density at radius 1 is 1.33 bits per heavy atom. The van der Waals surface area contributed by atoms with Gasteiger partial charge in [0.05, 0.1) is 0 Å². The Bertz CT molecular complexity index is 320. The Labute approximate surface area is 116 Å². The summed E-state index contributed by atoms with van der Waals surface area (Å²) in [4.78, 5) is 0. The molecule has 0 radical (unpaired) electrons. The van der Waals surface area contributed by atoms with Gasteiger partial charge in [-0.1, -0.05) is 26.2 Å².